The lowest BCUT2D eigenvalue weighted by atomic mass is 10.1. The Morgan fingerprint density at radius 2 is 2.00 bits per heavy atom. The molecule has 0 fully saturated rings. The summed E-state index contributed by atoms with van der Waals surface area (Å²) in [6.45, 7) is 1.86. The van der Waals surface area contributed by atoms with Gasteiger partial charge in [0.15, 0.2) is 5.82 Å². The molecule has 1 aliphatic heterocycles. The third kappa shape index (κ3) is 1.35. The van der Waals surface area contributed by atoms with Crippen molar-refractivity contribution in [3.05, 3.63) is 53.9 Å². The normalized spacial score (nSPS) is 16.9. The molecular weight excluding hydrogens is 256 g/mol. The van der Waals surface area contributed by atoms with Gasteiger partial charge in [0.1, 0.15) is 6.33 Å². The van der Waals surface area contributed by atoms with Crippen molar-refractivity contribution in [3.8, 4) is 11.5 Å². The Kier molecular flexibility index (Phi) is 2.19. The lowest BCUT2D eigenvalue weighted by molar-refractivity contribution is 0.672. The molecule has 3 aromatic rings. The highest BCUT2D eigenvalue weighted by atomic mass is 16.5. The van der Waals surface area contributed by atoms with E-state index in [-0.39, 0.29) is 6.04 Å². The molecule has 0 aliphatic carbocycles. The van der Waals surface area contributed by atoms with E-state index >= 15 is 0 Å². The maximum Gasteiger partial charge on any atom is 0.178 e. The molecule has 1 aliphatic rings. The van der Waals surface area contributed by atoms with Crippen LogP contribution in [-0.2, 0) is 0 Å². The van der Waals surface area contributed by atoms with Gasteiger partial charge in [0.25, 0.3) is 0 Å². The summed E-state index contributed by atoms with van der Waals surface area (Å²) in [5.74, 6) is 0.630. The maximum atomic E-state index is 12.4. The monoisotopic (exact) mass is 267 g/mol. The molecule has 0 spiro atoms. The fourth-order valence-electron chi connectivity index (χ4n) is 2.60. The van der Waals surface area contributed by atoms with Crippen LogP contribution in [0.4, 0.5) is 5.69 Å². The molecular formula is C13H11N6O-. The summed E-state index contributed by atoms with van der Waals surface area (Å²) in [6.07, 6.45) is 5.02. The van der Waals surface area contributed by atoms with E-state index in [2.05, 4.69) is 15.3 Å². The third-order valence-corrected chi connectivity index (χ3v) is 3.55. The molecule has 100 valence electrons. The summed E-state index contributed by atoms with van der Waals surface area (Å²) >= 11 is 0. The largest absolute Gasteiger partial charge is 0.758 e. The number of hydrogen-bond donors (Lipinski definition) is 0. The van der Waals surface area contributed by atoms with Crippen molar-refractivity contribution < 1.29 is 0 Å². The first-order chi connectivity index (χ1) is 9.77. The van der Waals surface area contributed by atoms with Crippen LogP contribution in [0.1, 0.15) is 18.7 Å². The standard InChI is InChI=1S/C13H11N6O/c1-9-12-13(18-7-6-15-16-18)14-8-17(12)10-4-2-3-5-11(10)19(9)20/h2-9H,1H3/q-1. The molecule has 1 unspecified atom stereocenters. The molecule has 0 amide bonds. The first-order valence-electron chi connectivity index (χ1n) is 6.27. The van der Waals surface area contributed by atoms with E-state index in [0.717, 1.165) is 16.4 Å². The van der Waals surface area contributed by atoms with Crippen molar-refractivity contribution in [2.24, 2.45) is 0 Å². The van der Waals surface area contributed by atoms with Crippen molar-refractivity contribution in [1.82, 2.24) is 24.5 Å². The zero-order valence-corrected chi connectivity index (χ0v) is 10.7. The van der Waals surface area contributed by atoms with Crippen LogP contribution in [0.15, 0.2) is 43.0 Å². The summed E-state index contributed by atoms with van der Waals surface area (Å²) in [7, 11) is 0. The fourth-order valence-corrected chi connectivity index (χ4v) is 2.60. The van der Waals surface area contributed by atoms with Crippen LogP contribution in [0.25, 0.3) is 11.5 Å². The smallest absolute Gasteiger partial charge is 0.178 e. The maximum absolute atomic E-state index is 12.4. The van der Waals surface area contributed by atoms with Crippen LogP contribution in [0.3, 0.4) is 0 Å². The van der Waals surface area contributed by atoms with Crippen LogP contribution in [0.5, 0.6) is 0 Å². The Labute approximate surface area is 114 Å². The van der Waals surface area contributed by atoms with Gasteiger partial charge in [-0.3, -0.25) is 4.57 Å². The van der Waals surface area contributed by atoms with E-state index in [1.165, 1.54) is 0 Å². The van der Waals surface area contributed by atoms with Crippen LogP contribution in [0, 0.1) is 5.21 Å². The van der Waals surface area contributed by atoms with Gasteiger partial charge in [-0.25, -0.2) is 9.67 Å². The molecule has 0 bridgehead atoms. The van der Waals surface area contributed by atoms with E-state index in [4.69, 9.17) is 0 Å². The average molecular weight is 267 g/mol. The highest BCUT2D eigenvalue weighted by Crippen LogP contribution is 2.39. The van der Waals surface area contributed by atoms with Crippen LogP contribution in [0.2, 0.25) is 0 Å². The van der Waals surface area contributed by atoms with Gasteiger partial charge in [0.2, 0.25) is 0 Å². The number of anilines is 1. The molecule has 7 nitrogen and oxygen atoms in total. The van der Waals surface area contributed by atoms with Gasteiger partial charge in [-0.15, -0.1) is 5.10 Å². The summed E-state index contributed by atoms with van der Waals surface area (Å²) in [4.78, 5) is 4.38. The first kappa shape index (κ1) is 11.2. The molecule has 0 saturated heterocycles. The molecule has 1 aromatic carbocycles. The zero-order valence-electron chi connectivity index (χ0n) is 10.7. The second-order valence-electron chi connectivity index (χ2n) is 4.66. The van der Waals surface area contributed by atoms with Gasteiger partial charge < -0.3 is 10.3 Å². The molecule has 2 aromatic heterocycles. The molecule has 0 N–H and O–H groups in total. The number of hydroxylamine groups is 1. The number of imidazole rings is 1. The topological polar surface area (TPSA) is 74.8 Å². The van der Waals surface area contributed by atoms with Gasteiger partial charge in [0, 0.05) is 0 Å². The summed E-state index contributed by atoms with van der Waals surface area (Å²) in [5, 5.41) is 21.2. The number of fused-ring (bicyclic) bond motifs is 3. The number of nitrogens with zero attached hydrogens (tertiary/aromatic N) is 6. The minimum absolute atomic E-state index is 0.341. The molecule has 3 heterocycles. The van der Waals surface area contributed by atoms with Gasteiger partial charge in [-0.1, -0.05) is 17.3 Å². The average Bonchev–Trinajstić information content (AvgIpc) is 3.13. The van der Waals surface area contributed by atoms with E-state index < -0.39 is 0 Å². The minimum Gasteiger partial charge on any atom is -0.758 e. The van der Waals surface area contributed by atoms with Crippen LogP contribution < -0.4 is 5.06 Å². The van der Waals surface area contributed by atoms with Crippen molar-refractivity contribution in [2.75, 3.05) is 5.06 Å². The second-order valence-corrected chi connectivity index (χ2v) is 4.66. The number of rotatable bonds is 1. The second kappa shape index (κ2) is 3.91. The van der Waals surface area contributed by atoms with E-state index in [1.54, 1.807) is 23.4 Å². The Morgan fingerprint density at radius 1 is 1.20 bits per heavy atom. The summed E-state index contributed by atoms with van der Waals surface area (Å²) in [5.41, 5.74) is 2.29. The van der Waals surface area contributed by atoms with E-state index in [1.807, 2.05) is 35.8 Å². The Balaban J connectivity index is 2.00. The number of aromatic nitrogens is 5. The lowest BCUT2D eigenvalue weighted by Crippen LogP contribution is -2.28. The number of hydrogen-bond acceptors (Lipinski definition) is 5. The Morgan fingerprint density at radius 3 is 2.75 bits per heavy atom. The Hall–Kier alpha value is -2.67. The lowest BCUT2D eigenvalue weighted by Gasteiger charge is -2.42. The highest BCUT2D eigenvalue weighted by Gasteiger charge is 2.27. The number of benzene rings is 1. The van der Waals surface area contributed by atoms with Gasteiger partial charge in [0.05, 0.1) is 35.5 Å². The van der Waals surface area contributed by atoms with Gasteiger partial charge in [-0.2, -0.15) is 0 Å². The zero-order chi connectivity index (χ0) is 13.7. The first-order valence-corrected chi connectivity index (χ1v) is 6.27. The van der Waals surface area contributed by atoms with E-state index in [9.17, 15) is 5.21 Å². The minimum atomic E-state index is -0.341. The van der Waals surface area contributed by atoms with E-state index in [0.29, 0.717) is 11.5 Å². The number of para-hydroxylation sites is 2. The molecule has 7 heteroatoms. The quantitative estimate of drug-likeness (QED) is 0.672. The van der Waals surface area contributed by atoms with Crippen molar-refractivity contribution in [3.63, 3.8) is 0 Å². The van der Waals surface area contributed by atoms with Crippen LogP contribution >= 0.6 is 0 Å². The molecule has 1 atom stereocenters. The van der Waals surface area contributed by atoms with Crippen molar-refractivity contribution in [2.45, 2.75) is 13.0 Å². The SMILES string of the molecule is CC1c2c(-n3ccnn3)ncn2-c2ccccc2N1[O-]. The Bertz CT molecular complexity index is 763. The highest BCUT2D eigenvalue weighted by molar-refractivity contribution is 5.68. The summed E-state index contributed by atoms with van der Waals surface area (Å²) < 4.78 is 3.51. The fraction of sp³-hybridized carbons (Fsp3) is 0.154. The van der Waals surface area contributed by atoms with Crippen molar-refractivity contribution >= 4 is 5.69 Å². The predicted molar refractivity (Wildman–Crippen MR) is 72.7 cm³/mol. The predicted octanol–water partition coefficient (Wildman–Crippen LogP) is 1.83. The van der Waals surface area contributed by atoms with Crippen molar-refractivity contribution in [1.29, 1.82) is 0 Å². The van der Waals surface area contributed by atoms with Gasteiger partial charge in [-0.05, 0) is 19.1 Å². The molecule has 20 heavy (non-hydrogen) atoms. The third-order valence-electron chi connectivity index (χ3n) is 3.55. The molecule has 0 saturated carbocycles. The molecule has 4 rings (SSSR count). The van der Waals surface area contributed by atoms with Crippen LogP contribution in [-0.4, -0.2) is 24.5 Å². The summed E-state index contributed by atoms with van der Waals surface area (Å²) in [6, 6.07) is 7.14. The van der Waals surface area contributed by atoms with Gasteiger partial charge >= 0.3 is 0 Å². The molecule has 0 radical (unpaired) electrons.